The number of hydrogen-bond acceptors (Lipinski definition) is 1. The summed E-state index contributed by atoms with van der Waals surface area (Å²) in [4.78, 5) is 0. The largest absolute Gasteiger partial charge is 0.416 e. The number of alkyl halides is 3. The Morgan fingerprint density at radius 1 is 0.952 bits per heavy atom. The van der Waals surface area contributed by atoms with Gasteiger partial charge >= 0.3 is 6.18 Å². The van der Waals surface area contributed by atoms with E-state index in [0.717, 1.165) is 25.0 Å². The molecule has 21 heavy (non-hydrogen) atoms. The second-order valence-corrected chi connectivity index (χ2v) is 5.01. The zero-order valence-electron chi connectivity index (χ0n) is 11.8. The molecule has 2 aromatic carbocycles. The molecule has 1 unspecified atom stereocenters. The van der Waals surface area contributed by atoms with Crippen molar-refractivity contribution in [2.24, 2.45) is 0 Å². The Kier molecular flexibility index (Phi) is 4.89. The normalized spacial score (nSPS) is 13.0. The van der Waals surface area contributed by atoms with E-state index in [-0.39, 0.29) is 6.04 Å². The molecule has 0 aliphatic heterocycles. The molecule has 1 N–H and O–H groups in total. The lowest BCUT2D eigenvalue weighted by atomic mass is 10.0. The number of hydrogen-bond donors (Lipinski definition) is 1. The lowest BCUT2D eigenvalue weighted by molar-refractivity contribution is -0.137. The minimum Gasteiger partial charge on any atom is -0.382 e. The van der Waals surface area contributed by atoms with Crippen LogP contribution in [0.25, 0.3) is 0 Å². The van der Waals surface area contributed by atoms with Gasteiger partial charge in [0, 0.05) is 11.7 Å². The Balaban J connectivity index is 2.02. The van der Waals surface area contributed by atoms with Gasteiger partial charge in [0.2, 0.25) is 0 Å². The molecule has 0 saturated carbocycles. The minimum absolute atomic E-state index is 0.198. The van der Waals surface area contributed by atoms with E-state index in [9.17, 15) is 13.2 Å². The second kappa shape index (κ2) is 6.66. The first-order valence-electron chi connectivity index (χ1n) is 6.96. The van der Waals surface area contributed by atoms with Crippen LogP contribution in [-0.4, -0.2) is 6.04 Å². The van der Waals surface area contributed by atoms with Crippen LogP contribution in [0.15, 0.2) is 54.6 Å². The number of halogens is 3. The van der Waals surface area contributed by atoms with E-state index in [4.69, 9.17) is 0 Å². The lowest BCUT2D eigenvalue weighted by Gasteiger charge is -2.19. The van der Waals surface area contributed by atoms with Crippen LogP contribution in [-0.2, 0) is 12.6 Å². The molecule has 0 aliphatic rings. The third-order valence-corrected chi connectivity index (χ3v) is 3.40. The van der Waals surface area contributed by atoms with E-state index in [1.54, 1.807) is 0 Å². The molecule has 2 rings (SSSR count). The third kappa shape index (κ3) is 4.52. The highest BCUT2D eigenvalue weighted by atomic mass is 19.4. The molecule has 112 valence electrons. The van der Waals surface area contributed by atoms with Gasteiger partial charge in [0.05, 0.1) is 5.56 Å². The topological polar surface area (TPSA) is 12.0 Å². The van der Waals surface area contributed by atoms with Crippen molar-refractivity contribution in [3.05, 3.63) is 65.7 Å². The van der Waals surface area contributed by atoms with Crippen LogP contribution in [0.1, 0.15) is 24.5 Å². The monoisotopic (exact) mass is 293 g/mol. The Labute approximate surface area is 122 Å². The fourth-order valence-electron chi connectivity index (χ4n) is 2.19. The van der Waals surface area contributed by atoms with Crippen molar-refractivity contribution >= 4 is 5.69 Å². The van der Waals surface area contributed by atoms with Crippen molar-refractivity contribution in [2.75, 3.05) is 5.32 Å². The molecule has 0 amide bonds. The van der Waals surface area contributed by atoms with Gasteiger partial charge in [-0.25, -0.2) is 0 Å². The molecule has 1 atom stereocenters. The standard InChI is InChI=1S/C17H18F3N/c1-2-15(12-13-6-4-3-5-7-13)21-16-10-8-14(9-11-16)17(18,19)20/h3-11,15,21H,2,12H2,1H3. The summed E-state index contributed by atoms with van der Waals surface area (Å²) in [7, 11) is 0. The Morgan fingerprint density at radius 2 is 1.57 bits per heavy atom. The SMILES string of the molecule is CCC(Cc1ccccc1)Nc1ccc(C(F)(F)F)cc1. The molecule has 4 heteroatoms. The molecular formula is C17H18F3N. The maximum absolute atomic E-state index is 12.5. The van der Waals surface area contributed by atoms with Gasteiger partial charge in [-0.15, -0.1) is 0 Å². The maximum atomic E-state index is 12.5. The van der Waals surface area contributed by atoms with Crippen LogP contribution < -0.4 is 5.32 Å². The Bertz CT molecular complexity index is 546. The molecule has 0 bridgehead atoms. The zero-order valence-corrected chi connectivity index (χ0v) is 11.8. The summed E-state index contributed by atoms with van der Waals surface area (Å²) in [6.07, 6.45) is -2.54. The van der Waals surface area contributed by atoms with Crippen molar-refractivity contribution in [1.29, 1.82) is 0 Å². The van der Waals surface area contributed by atoms with Gasteiger partial charge in [-0.05, 0) is 42.7 Å². The molecule has 0 aromatic heterocycles. The average molecular weight is 293 g/mol. The van der Waals surface area contributed by atoms with Crippen LogP contribution in [0.5, 0.6) is 0 Å². The minimum atomic E-state index is -4.28. The van der Waals surface area contributed by atoms with Crippen molar-refractivity contribution in [3.8, 4) is 0 Å². The van der Waals surface area contributed by atoms with Crippen LogP contribution in [0.3, 0.4) is 0 Å². The van der Waals surface area contributed by atoms with E-state index in [0.29, 0.717) is 5.69 Å². The smallest absolute Gasteiger partial charge is 0.382 e. The first kappa shape index (κ1) is 15.4. The highest BCUT2D eigenvalue weighted by Gasteiger charge is 2.29. The summed E-state index contributed by atoms with van der Waals surface area (Å²) in [5.74, 6) is 0. The number of benzene rings is 2. The summed E-state index contributed by atoms with van der Waals surface area (Å²) in [6, 6.07) is 15.4. The molecule has 0 heterocycles. The van der Waals surface area contributed by atoms with Crippen LogP contribution in [0.4, 0.5) is 18.9 Å². The second-order valence-electron chi connectivity index (χ2n) is 5.01. The highest BCUT2D eigenvalue weighted by Crippen LogP contribution is 2.30. The summed E-state index contributed by atoms with van der Waals surface area (Å²) in [6.45, 7) is 2.06. The zero-order chi connectivity index (χ0) is 15.3. The molecule has 1 nitrogen and oxygen atoms in total. The fraction of sp³-hybridized carbons (Fsp3) is 0.294. The fourth-order valence-corrected chi connectivity index (χ4v) is 2.19. The highest BCUT2D eigenvalue weighted by molar-refractivity contribution is 5.46. The molecule has 0 saturated heterocycles. The van der Waals surface area contributed by atoms with Gasteiger partial charge in [0.1, 0.15) is 0 Å². The van der Waals surface area contributed by atoms with Crippen LogP contribution in [0, 0.1) is 0 Å². The first-order valence-corrected chi connectivity index (χ1v) is 6.96. The third-order valence-electron chi connectivity index (χ3n) is 3.40. The predicted molar refractivity (Wildman–Crippen MR) is 79.3 cm³/mol. The average Bonchev–Trinajstić information content (AvgIpc) is 2.47. The van der Waals surface area contributed by atoms with E-state index in [2.05, 4.69) is 24.4 Å². The molecule has 2 aromatic rings. The van der Waals surface area contributed by atoms with Gasteiger partial charge in [-0.2, -0.15) is 13.2 Å². The summed E-state index contributed by atoms with van der Waals surface area (Å²) in [5.41, 5.74) is 1.30. The van der Waals surface area contributed by atoms with E-state index in [1.165, 1.54) is 17.7 Å². The summed E-state index contributed by atoms with van der Waals surface area (Å²) < 4.78 is 37.5. The predicted octanol–water partition coefficient (Wildman–Crippen LogP) is 5.14. The Morgan fingerprint density at radius 3 is 2.10 bits per heavy atom. The van der Waals surface area contributed by atoms with Crippen molar-refractivity contribution in [3.63, 3.8) is 0 Å². The quantitative estimate of drug-likeness (QED) is 0.805. The maximum Gasteiger partial charge on any atom is 0.416 e. The van der Waals surface area contributed by atoms with Gasteiger partial charge in [0.15, 0.2) is 0 Å². The summed E-state index contributed by atoms with van der Waals surface area (Å²) in [5, 5.41) is 3.29. The van der Waals surface area contributed by atoms with Crippen molar-refractivity contribution in [2.45, 2.75) is 32.0 Å². The van der Waals surface area contributed by atoms with Crippen LogP contribution in [0.2, 0.25) is 0 Å². The van der Waals surface area contributed by atoms with Gasteiger partial charge in [-0.1, -0.05) is 37.3 Å². The molecule has 0 radical (unpaired) electrons. The lowest BCUT2D eigenvalue weighted by Crippen LogP contribution is -2.21. The first-order chi connectivity index (χ1) is 9.99. The Hall–Kier alpha value is -1.97. The summed E-state index contributed by atoms with van der Waals surface area (Å²) >= 11 is 0. The van der Waals surface area contributed by atoms with Crippen LogP contribution >= 0.6 is 0 Å². The van der Waals surface area contributed by atoms with Gasteiger partial charge < -0.3 is 5.32 Å². The molecular weight excluding hydrogens is 275 g/mol. The number of rotatable bonds is 5. The molecule has 0 fully saturated rings. The van der Waals surface area contributed by atoms with Gasteiger partial charge in [0.25, 0.3) is 0 Å². The van der Waals surface area contributed by atoms with E-state index in [1.807, 2.05) is 18.2 Å². The van der Waals surface area contributed by atoms with E-state index >= 15 is 0 Å². The number of anilines is 1. The van der Waals surface area contributed by atoms with Gasteiger partial charge in [-0.3, -0.25) is 0 Å². The van der Waals surface area contributed by atoms with Crippen molar-refractivity contribution in [1.82, 2.24) is 0 Å². The number of nitrogens with one attached hydrogen (secondary N) is 1. The molecule has 0 spiro atoms. The molecule has 0 aliphatic carbocycles. The van der Waals surface area contributed by atoms with E-state index < -0.39 is 11.7 Å². The van der Waals surface area contributed by atoms with Crippen molar-refractivity contribution < 1.29 is 13.2 Å².